The van der Waals surface area contributed by atoms with Gasteiger partial charge >= 0.3 is 0 Å². The Bertz CT molecular complexity index is 586. The number of rotatable bonds is 2. The highest BCUT2D eigenvalue weighted by atomic mass is 35.7. The summed E-state index contributed by atoms with van der Waals surface area (Å²) in [7, 11) is -2.11. The molecule has 0 amide bonds. The lowest BCUT2D eigenvalue weighted by molar-refractivity contribution is 0.598. The van der Waals surface area contributed by atoms with Gasteiger partial charge in [0.25, 0.3) is 10.0 Å². The second kappa shape index (κ2) is 4.28. The maximum Gasteiger partial charge on any atom is 0.284 e. The second-order valence-electron chi connectivity index (χ2n) is 3.01. The largest absolute Gasteiger partial charge is 0.321 e. The third-order valence-corrected chi connectivity index (χ3v) is 4.98. The summed E-state index contributed by atoms with van der Waals surface area (Å²) >= 11 is 0. The van der Waals surface area contributed by atoms with Crippen LogP contribution in [0.3, 0.4) is 0 Å². The van der Waals surface area contributed by atoms with E-state index in [1.807, 2.05) is 0 Å². The number of sulfonamides is 1. The fourth-order valence-electron chi connectivity index (χ4n) is 1.09. The van der Waals surface area contributed by atoms with E-state index in [4.69, 9.17) is 10.7 Å². The highest BCUT2D eigenvalue weighted by Crippen LogP contribution is 2.58. The van der Waals surface area contributed by atoms with Crippen molar-refractivity contribution < 1.29 is 12.3 Å². The normalized spacial score (nSPS) is 29.9. The minimum atomic E-state index is -3.97. The van der Waals surface area contributed by atoms with Gasteiger partial charge in [0.2, 0.25) is 5.17 Å². The average molecular weight is 296 g/mol. The quantitative estimate of drug-likeness (QED) is 0.908. The van der Waals surface area contributed by atoms with E-state index in [0.717, 1.165) is 6.34 Å². The lowest BCUT2D eigenvalue weighted by atomic mass is 10.4. The van der Waals surface area contributed by atoms with Crippen LogP contribution in [0.1, 0.15) is 0 Å². The van der Waals surface area contributed by atoms with Crippen LogP contribution in [0.2, 0.25) is 0 Å². The van der Waals surface area contributed by atoms with Crippen LogP contribution in [0.5, 0.6) is 0 Å². The standard InChI is InChI=1S/C8H7ClFN3O2S2/c9-16(10)8(11-6-12-16)13-17(14,15)7-4-2-1-3-5-7/h1-6H,(H,11,12,13). The van der Waals surface area contributed by atoms with Gasteiger partial charge in [-0.3, -0.25) is 0 Å². The predicted octanol–water partition coefficient (Wildman–Crippen LogP) is 2.12. The average Bonchev–Trinajstić information content (AvgIpc) is 2.59. The van der Waals surface area contributed by atoms with Gasteiger partial charge in [0.05, 0.1) is 4.90 Å². The number of benzene rings is 1. The van der Waals surface area contributed by atoms with Crippen LogP contribution in [-0.2, 0) is 10.0 Å². The molecule has 0 fully saturated rings. The van der Waals surface area contributed by atoms with Gasteiger partial charge in [-0.2, -0.15) is 12.8 Å². The van der Waals surface area contributed by atoms with Crippen molar-refractivity contribution in [1.82, 2.24) is 5.32 Å². The van der Waals surface area contributed by atoms with E-state index in [2.05, 4.69) is 14.1 Å². The van der Waals surface area contributed by atoms with Crippen molar-refractivity contribution in [2.24, 2.45) is 8.80 Å². The van der Waals surface area contributed by atoms with Crippen molar-refractivity contribution in [2.75, 3.05) is 0 Å². The minimum Gasteiger partial charge on any atom is -0.321 e. The first kappa shape index (κ1) is 12.3. The van der Waals surface area contributed by atoms with Crippen LogP contribution >= 0.6 is 20.5 Å². The topological polar surface area (TPSA) is 70.9 Å². The van der Waals surface area contributed by atoms with Gasteiger partial charge < -0.3 is 5.32 Å². The van der Waals surface area contributed by atoms with Crippen molar-refractivity contribution in [3.8, 4) is 0 Å². The van der Waals surface area contributed by atoms with Gasteiger partial charge in [0.1, 0.15) is 6.34 Å². The fourth-order valence-corrected chi connectivity index (χ4v) is 3.61. The number of hydrogen-bond donors (Lipinski definition) is 1. The Hall–Kier alpha value is -1.12. The van der Waals surface area contributed by atoms with Crippen LogP contribution in [0.15, 0.2) is 44.0 Å². The summed E-state index contributed by atoms with van der Waals surface area (Å²) < 4.78 is 43.7. The molecule has 0 radical (unpaired) electrons. The smallest absolute Gasteiger partial charge is 0.284 e. The van der Waals surface area contributed by atoms with Gasteiger partial charge in [0, 0.05) is 0 Å². The molecule has 1 aromatic rings. The highest BCUT2D eigenvalue weighted by molar-refractivity contribution is 8.57. The van der Waals surface area contributed by atoms with Gasteiger partial charge in [-0.25, -0.2) is 0 Å². The highest BCUT2D eigenvalue weighted by Gasteiger charge is 2.33. The number of hydrogen-bond acceptors (Lipinski definition) is 3. The zero-order chi connectivity index (χ0) is 12.5. The van der Waals surface area contributed by atoms with Crippen molar-refractivity contribution in [2.45, 2.75) is 4.90 Å². The maximum atomic E-state index is 13.5. The Morgan fingerprint density at radius 3 is 2.53 bits per heavy atom. The molecule has 1 unspecified atom stereocenters. The second-order valence-corrected chi connectivity index (χ2v) is 7.32. The molecule has 1 N–H and O–H groups in total. The SMILES string of the molecule is O=S(=O)(/N=C1\NC=NS1(F)Cl)c1ccccc1. The lowest BCUT2D eigenvalue weighted by Crippen LogP contribution is -2.18. The Morgan fingerprint density at radius 2 is 2.00 bits per heavy atom. The predicted molar refractivity (Wildman–Crippen MR) is 67.2 cm³/mol. The Labute approximate surface area is 104 Å². The van der Waals surface area contributed by atoms with E-state index in [9.17, 15) is 12.3 Å². The molecule has 0 bridgehead atoms. The molecule has 1 aliphatic heterocycles. The molecule has 0 aliphatic carbocycles. The van der Waals surface area contributed by atoms with Crippen LogP contribution < -0.4 is 5.32 Å². The number of halogens is 2. The van der Waals surface area contributed by atoms with Crippen LogP contribution in [-0.4, -0.2) is 19.9 Å². The third kappa shape index (κ3) is 2.59. The molecule has 9 heteroatoms. The molecule has 1 aromatic carbocycles. The molecule has 5 nitrogen and oxygen atoms in total. The van der Waals surface area contributed by atoms with Crippen LogP contribution in [0, 0.1) is 0 Å². The van der Waals surface area contributed by atoms with Crippen molar-refractivity contribution in [1.29, 1.82) is 0 Å². The van der Waals surface area contributed by atoms with Crippen LogP contribution in [0.4, 0.5) is 3.89 Å². The molecule has 92 valence electrons. The summed E-state index contributed by atoms with van der Waals surface area (Å²) in [5.74, 6) is 0. The molecule has 1 aliphatic rings. The van der Waals surface area contributed by atoms with E-state index in [1.54, 1.807) is 18.2 Å². The van der Waals surface area contributed by atoms with Crippen molar-refractivity contribution in [3.05, 3.63) is 30.3 Å². The van der Waals surface area contributed by atoms with Crippen molar-refractivity contribution in [3.63, 3.8) is 0 Å². The molecule has 0 aromatic heterocycles. The Kier molecular flexibility index (Phi) is 3.11. The third-order valence-electron chi connectivity index (χ3n) is 1.85. The first-order valence-corrected chi connectivity index (χ1v) is 8.10. The van der Waals surface area contributed by atoms with Crippen molar-refractivity contribution >= 4 is 42.0 Å². The van der Waals surface area contributed by atoms with E-state index in [1.165, 1.54) is 12.1 Å². The summed E-state index contributed by atoms with van der Waals surface area (Å²) in [5, 5.41) is 1.80. The monoisotopic (exact) mass is 295 g/mol. The molecule has 0 saturated carbocycles. The van der Waals surface area contributed by atoms with E-state index in [0.29, 0.717) is 0 Å². The molecule has 0 spiro atoms. The van der Waals surface area contributed by atoms with Gasteiger partial charge in [-0.05, 0) is 22.8 Å². The van der Waals surface area contributed by atoms with Gasteiger partial charge in [0.15, 0.2) is 9.81 Å². The summed E-state index contributed by atoms with van der Waals surface area (Å²) in [5.41, 5.74) is 0. The summed E-state index contributed by atoms with van der Waals surface area (Å²) in [6, 6.07) is 7.47. The first-order chi connectivity index (χ1) is 7.92. The molecule has 17 heavy (non-hydrogen) atoms. The number of amidine groups is 1. The first-order valence-electron chi connectivity index (χ1n) is 4.35. The summed E-state index contributed by atoms with van der Waals surface area (Å²) in [6.45, 7) is 0. The van der Waals surface area contributed by atoms with Crippen LogP contribution in [0.25, 0.3) is 0 Å². The van der Waals surface area contributed by atoms with Gasteiger partial charge in [-0.15, -0.1) is 8.28 Å². The minimum absolute atomic E-state index is 0.0342. The van der Waals surface area contributed by atoms with E-state index in [-0.39, 0.29) is 4.90 Å². The molecule has 1 atom stereocenters. The summed E-state index contributed by atoms with van der Waals surface area (Å²) in [6.07, 6.45) is 0.988. The number of nitrogens with zero attached hydrogens (tertiary/aromatic N) is 2. The fraction of sp³-hybridized carbons (Fsp3) is 0. The van der Waals surface area contributed by atoms with E-state index >= 15 is 0 Å². The molecular formula is C8H7ClFN3O2S2. The van der Waals surface area contributed by atoms with Gasteiger partial charge in [-0.1, -0.05) is 18.2 Å². The lowest BCUT2D eigenvalue weighted by Gasteiger charge is -2.11. The maximum absolute atomic E-state index is 13.5. The molecule has 0 saturated heterocycles. The summed E-state index contributed by atoms with van der Waals surface area (Å²) in [4.78, 5) is -0.0342. The molecular weight excluding hydrogens is 289 g/mol. The molecule has 1 heterocycles. The molecule has 2 rings (SSSR count). The Morgan fingerprint density at radius 1 is 1.35 bits per heavy atom. The zero-order valence-electron chi connectivity index (χ0n) is 8.25. The van der Waals surface area contributed by atoms with E-state index < -0.39 is 25.0 Å². The number of nitrogens with one attached hydrogen (secondary N) is 1. The zero-order valence-corrected chi connectivity index (χ0v) is 10.6. The Balaban J connectivity index is 2.40.